The summed E-state index contributed by atoms with van der Waals surface area (Å²) in [7, 11) is 0. The second-order valence-electron chi connectivity index (χ2n) is 6.34. The first kappa shape index (κ1) is 17.1. The third-order valence-electron chi connectivity index (χ3n) is 3.22. The molecule has 0 spiro atoms. The Bertz CT molecular complexity index is 719. The Hall–Kier alpha value is -2.31. The van der Waals surface area contributed by atoms with Crippen LogP contribution in [0.4, 0.5) is 8.78 Å². The van der Waals surface area contributed by atoms with Crippen molar-refractivity contribution in [2.75, 3.05) is 6.54 Å². The van der Waals surface area contributed by atoms with Crippen LogP contribution in [0.5, 0.6) is 0 Å². The van der Waals surface area contributed by atoms with E-state index in [1.807, 2.05) is 20.8 Å². The summed E-state index contributed by atoms with van der Waals surface area (Å²) in [5.41, 5.74) is 0.108. The molecule has 2 rings (SSSR count). The summed E-state index contributed by atoms with van der Waals surface area (Å²) < 4.78 is 28.1. The smallest absolute Gasteiger partial charge is 0.216 e. The molecule has 2 aromatic rings. The van der Waals surface area contributed by atoms with Crippen molar-refractivity contribution in [2.45, 2.75) is 39.5 Å². The van der Waals surface area contributed by atoms with Crippen LogP contribution in [-0.2, 0) is 16.6 Å². The van der Waals surface area contributed by atoms with E-state index in [1.54, 1.807) is 0 Å². The summed E-state index contributed by atoms with van der Waals surface area (Å²) in [4.78, 5) is 15.5. The molecule has 0 aliphatic heterocycles. The molecule has 5 nitrogen and oxygen atoms in total. The van der Waals surface area contributed by atoms with Gasteiger partial charge in [-0.3, -0.25) is 4.79 Å². The highest BCUT2D eigenvalue weighted by Crippen LogP contribution is 2.21. The van der Waals surface area contributed by atoms with Crippen molar-refractivity contribution in [3.8, 4) is 5.69 Å². The quantitative estimate of drug-likeness (QED) is 0.941. The number of benzene rings is 1. The molecule has 0 unspecified atom stereocenters. The van der Waals surface area contributed by atoms with Gasteiger partial charge < -0.3 is 5.32 Å². The van der Waals surface area contributed by atoms with Crippen LogP contribution >= 0.6 is 0 Å². The van der Waals surface area contributed by atoms with Crippen LogP contribution < -0.4 is 5.32 Å². The fourth-order valence-corrected chi connectivity index (χ4v) is 2.00. The van der Waals surface area contributed by atoms with Crippen molar-refractivity contribution in [2.24, 2.45) is 0 Å². The van der Waals surface area contributed by atoms with Gasteiger partial charge in [-0.25, -0.2) is 18.4 Å². The van der Waals surface area contributed by atoms with E-state index < -0.39 is 11.6 Å². The molecule has 1 amide bonds. The van der Waals surface area contributed by atoms with Gasteiger partial charge in [0.2, 0.25) is 5.91 Å². The Morgan fingerprint density at radius 3 is 2.52 bits per heavy atom. The maximum atomic E-state index is 13.5. The SMILES string of the molecule is CC(=O)NCCc1nc(C(C)(C)C)nn1-c1ccc(F)c(F)c1. The fraction of sp³-hybridized carbons (Fsp3) is 0.438. The maximum Gasteiger partial charge on any atom is 0.216 e. The second-order valence-corrected chi connectivity index (χ2v) is 6.34. The number of nitrogens with zero attached hydrogens (tertiary/aromatic N) is 3. The van der Waals surface area contributed by atoms with Crippen molar-refractivity contribution in [3.63, 3.8) is 0 Å². The number of carbonyl (C=O) groups is 1. The van der Waals surface area contributed by atoms with E-state index in [0.717, 1.165) is 12.1 Å². The Kier molecular flexibility index (Phi) is 4.77. The summed E-state index contributed by atoms with van der Waals surface area (Å²) >= 11 is 0. The Balaban J connectivity index is 2.40. The molecule has 1 N–H and O–H groups in total. The third kappa shape index (κ3) is 4.12. The van der Waals surface area contributed by atoms with E-state index in [-0.39, 0.29) is 11.3 Å². The van der Waals surface area contributed by atoms with E-state index in [4.69, 9.17) is 0 Å². The minimum Gasteiger partial charge on any atom is -0.356 e. The lowest BCUT2D eigenvalue weighted by Gasteiger charge is -2.12. The van der Waals surface area contributed by atoms with Gasteiger partial charge in [-0.05, 0) is 12.1 Å². The first-order valence-corrected chi connectivity index (χ1v) is 7.35. The molecule has 0 saturated carbocycles. The summed E-state index contributed by atoms with van der Waals surface area (Å²) in [6, 6.07) is 3.58. The van der Waals surface area contributed by atoms with Crippen LogP contribution in [0.2, 0.25) is 0 Å². The summed E-state index contributed by atoms with van der Waals surface area (Å²) in [6.07, 6.45) is 0.432. The minimum atomic E-state index is -0.942. The van der Waals surface area contributed by atoms with Gasteiger partial charge in [0.05, 0.1) is 5.69 Å². The van der Waals surface area contributed by atoms with Gasteiger partial charge in [0.15, 0.2) is 17.5 Å². The van der Waals surface area contributed by atoms with Gasteiger partial charge in [0.1, 0.15) is 5.82 Å². The molecule has 0 fully saturated rings. The van der Waals surface area contributed by atoms with Crippen LogP contribution in [0.25, 0.3) is 5.69 Å². The molecular formula is C16H20F2N4O. The molecular weight excluding hydrogens is 302 g/mol. The molecule has 0 bridgehead atoms. The third-order valence-corrected chi connectivity index (χ3v) is 3.22. The molecule has 0 saturated heterocycles. The highest BCUT2D eigenvalue weighted by molar-refractivity contribution is 5.72. The zero-order valence-corrected chi connectivity index (χ0v) is 13.7. The summed E-state index contributed by atoms with van der Waals surface area (Å²) in [6.45, 7) is 7.72. The van der Waals surface area contributed by atoms with Crippen LogP contribution in [-0.4, -0.2) is 27.2 Å². The number of amides is 1. The van der Waals surface area contributed by atoms with Crippen molar-refractivity contribution < 1.29 is 13.6 Å². The lowest BCUT2D eigenvalue weighted by molar-refractivity contribution is -0.118. The molecule has 1 aromatic heterocycles. The molecule has 0 aliphatic rings. The monoisotopic (exact) mass is 322 g/mol. The van der Waals surface area contributed by atoms with E-state index in [1.165, 1.54) is 17.7 Å². The van der Waals surface area contributed by atoms with E-state index >= 15 is 0 Å². The van der Waals surface area contributed by atoms with Crippen molar-refractivity contribution >= 4 is 5.91 Å². The molecule has 0 aliphatic carbocycles. The molecule has 1 aromatic carbocycles. The Morgan fingerprint density at radius 2 is 1.96 bits per heavy atom. The largest absolute Gasteiger partial charge is 0.356 e. The summed E-state index contributed by atoms with van der Waals surface area (Å²) in [5, 5.41) is 7.11. The molecule has 23 heavy (non-hydrogen) atoms. The number of nitrogens with one attached hydrogen (secondary N) is 1. The molecule has 1 heterocycles. The maximum absolute atomic E-state index is 13.5. The molecule has 124 valence electrons. The van der Waals surface area contributed by atoms with Gasteiger partial charge in [0.25, 0.3) is 0 Å². The van der Waals surface area contributed by atoms with Gasteiger partial charge in [-0.2, -0.15) is 5.10 Å². The van der Waals surface area contributed by atoms with E-state index in [2.05, 4.69) is 15.4 Å². The minimum absolute atomic E-state index is 0.139. The van der Waals surface area contributed by atoms with Gasteiger partial charge in [-0.1, -0.05) is 20.8 Å². The average Bonchev–Trinajstić information content (AvgIpc) is 2.86. The van der Waals surface area contributed by atoms with Crippen molar-refractivity contribution in [3.05, 3.63) is 41.5 Å². The highest BCUT2D eigenvalue weighted by Gasteiger charge is 2.22. The number of hydrogen-bond donors (Lipinski definition) is 1. The van der Waals surface area contributed by atoms with Crippen molar-refractivity contribution in [1.29, 1.82) is 0 Å². The van der Waals surface area contributed by atoms with Gasteiger partial charge in [-0.15, -0.1) is 0 Å². The number of hydrogen-bond acceptors (Lipinski definition) is 3. The predicted octanol–water partition coefficient (Wildman–Crippen LogP) is 2.52. The van der Waals surface area contributed by atoms with Gasteiger partial charge in [0, 0.05) is 31.4 Å². The normalized spacial score (nSPS) is 11.6. The van der Waals surface area contributed by atoms with Gasteiger partial charge >= 0.3 is 0 Å². The fourth-order valence-electron chi connectivity index (χ4n) is 2.00. The standard InChI is InChI=1S/C16H20F2N4O/c1-10(23)19-8-7-14-20-15(16(2,3)4)21-22(14)11-5-6-12(17)13(18)9-11/h5-6,9H,7-8H2,1-4H3,(H,19,23). The average molecular weight is 322 g/mol. The first-order chi connectivity index (χ1) is 10.7. The van der Waals surface area contributed by atoms with Crippen LogP contribution in [0.1, 0.15) is 39.3 Å². The molecule has 7 heteroatoms. The summed E-state index contributed by atoms with van der Waals surface area (Å²) in [5.74, 6) is -0.817. The van der Waals surface area contributed by atoms with E-state index in [9.17, 15) is 13.6 Å². The molecule has 0 radical (unpaired) electrons. The number of carbonyl (C=O) groups excluding carboxylic acids is 1. The first-order valence-electron chi connectivity index (χ1n) is 7.35. The Labute approximate surface area is 133 Å². The van der Waals surface area contributed by atoms with Crippen LogP contribution in [0.3, 0.4) is 0 Å². The van der Waals surface area contributed by atoms with Crippen molar-refractivity contribution in [1.82, 2.24) is 20.1 Å². The molecule has 0 atom stereocenters. The van der Waals surface area contributed by atoms with Crippen LogP contribution in [0.15, 0.2) is 18.2 Å². The van der Waals surface area contributed by atoms with E-state index in [0.29, 0.717) is 30.3 Å². The number of rotatable bonds is 4. The zero-order valence-electron chi connectivity index (χ0n) is 13.7. The predicted molar refractivity (Wildman–Crippen MR) is 82.4 cm³/mol. The lowest BCUT2D eigenvalue weighted by Crippen LogP contribution is -2.23. The number of halogens is 2. The van der Waals surface area contributed by atoms with Crippen LogP contribution in [0, 0.1) is 11.6 Å². The second kappa shape index (κ2) is 6.44. The highest BCUT2D eigenvalue weighted by atomic mass is 19.2. The topological polar surface area (TPSA) is 59.8 Å². The number of aromatic nitrogens is 3. The Morgan fingerprint density at radius 1 is 1.26 bits per heavy atom. The zero-order chi connectivity index (χ0) is 17.2. The lowest BCUT2D eigenvalue weighted by atomic mass is 9.96.